The molecule has 1 N–H and O–H groups in total. The Morgan fingerprint density at radius 3 is 2.56 bits per heavy atom. The Labute approximate surface area is 150 Å². The van der Waals surface area contributed by atoms with E-state index in [1.165, 1.54) is 62.6 Å². The molecule has 1 amide bonds. The van der Waals surface area contributed by atoms with Crippen molar-refractivity contribution in [3.05, 3.63) is 64.9 Å². The molecule has 0 aliphatic heterocycles. The highest BCUT2D eigenvalue weighted by molar-refractivity contribution is 7.89. The average Bonchev–Trinajstić information content (AvgIpc) is 2.56. The average molecular weight is 383 g/mol. The predicted octanol–water partition coefficient (Wildman–Crippen LogP) is 3.38. The topological polar surface area (TPSA) is 66.5 Å². The molecule has 5 nitrogen and oxygen atoms in total. The molecule has 2 aromatic rings. The molecule has 132 valence electrons. The number of amides is 1. The summed E-state index contributed by atoms with van der Waals surface area (Å²) in [5, 5.41) is 2.54. The van der Waals surface area contributed by atoms with Gasteiger partial charge < -0.3 is 5.32 Å². The standard InChI is InChI=1S/C17H16ClFN2O3S/c1-21(2)25(23,24)14-5-3-4-13(11-14)20-17(22)9-7-12-6-8-16(19)15(18)10-12/h3-11H,1-2H3,(H,20,22)/b9-7+. The third-order valence-electron chi connectivity index (χ3n) is 3.25. The van der Waals surface area contributed by atoms with Crippen LogP contribution in [0.4, 0.5) is 10.1 Å². The maximum Gasteiger partial charge on any atom is 0.248 e. The summed E-state index contributed by atoms with van der Waals surface area (Å²) < 4.78 is 38.4. The van der Waals surface area contributed by atoms with E-state index in [-0.39, 0.29) is 9.92 Å². The highest BCUT2D eigenvalue weighted by atomic mass is 35.5. The Morgan fingerprint density at radius 2 is 1.92 bits per heavy atom. The van der Waals surface area contributed by atoms with E-state index in [1.807, 2.05) is 0 Å². The van der Waals surface area contributed by atoms with Crippen molar-refractivity contribution in [2.75, 3.05) is 19.4 Å². The number of hydrogen-bond acceptors (Lipinski definition) is 3. The van der Waals surface area contributed by atoms with Gasteiger partial charge in [0.15, 0.2) is 0 Å². The number of anilines is 1. The molecule has 2 aromatic carbocycles. The largest absolute Gasteiger partial charge is 0.322 e. The van der Waals surface area contributed by atoms with E-state index < -0.39 is 21.7 Å². The predicted molar refractivity (Wildman–Crippen MR) is 96.4 cm³/mol. The first-order chi connectivity index (χ1) is 11.7. The summed E-state index contributed by atoms with van der Waals surface area (Å²) in [5.74, 6) is -0.998. The van der Waals surface area contributed by atoms with Gasteiger partial charge in [0.25, 0.3) is 0 Å². The van der Waals surface area contributed by atoms with Crippen LogP contribution in [0.15, 0.2) is 53.4 Å². The molecule has 0 radical (unpaired) electrons. The molecule has 0 aliphatic carbocycles. The maximum atomic E-state index is 13.1. The van der Waals surface area contributed by atoms with Crippen LogP contribution in [-0.4, -0.2) is 32.7 Å². The molecular formula is C17H16ClFN2O3S. The van der Waals surface area contributed by atoms with Crippen molar-refractivity contribution in [3.8, 4) is 0 Å². The highest BCUT2D eigenvalue weighted by Gasteiger charge is 2.17. The minimum absolute atomic E-state index is 0.0378. The molecule has 0 aliphatic rings. The van der Waals surface area contributed by atoms with Crippen LogP contribution in [0.1, 0.15) is 5.56 Å². The molecule has 0 saturated heterocycles. The first-order valence-corrected chi connectivity index (χ1v) is 8.98. The van der Waals surface area contributed by atoms with E-state index in [0.29, 0.717) is 11.3 Å². The smallest absolute Gasteiger partial charge is 0.248 e. The fourth-order valence-corrected chi connectivity index (χ4v) is 3.05. The summed E-state index contributed by atoms with van der Waals surface area (Å²) in [5.41, 5.74) is 0.903. The number of nitrogens with one attached hydrogen (secondary N) is 1. The number of halogens is 2. The van der Waals surface area contributed by atoms with E-state index in [2.05, 4.69) is 5.32 Å². The molecule has 0 unspecified atom stereocenters. The van der Waals surface area contributed by atoms with Crippen LogP contribution in [-0.2, 0) is 14.8 Å². The van der Waals surface area contributed by atoms with Gasteiger partial charge in [-0.15, -0.1) is 0 Å². The molecule has 0 aromatic heterocycles. The molecule has 8 heteroatoms. The molecule has 0 spiro atoms. The van der Waals surface area contributed by atoms with Gasteiger partial charge in [-0.2, -0.15) is 0 Å². The molecule has 0 heterocycles. The number of benzene rings is 2. The normalized spacial score (nSPS) is 11.9. The van der Waals surface area contributed by atoms with Crippen molar-refractivity contribution < 1.29 is 17.6 Å². The summed E-state index contributed by atoms with van der Waals surface area (Å²) in [4.78, 5) is 12.0. The van der Waals surface area contributed by atoms with Crippen molar-refractivity contribution in [1.29, 1.82) is 0 Å². The number of sulfonamides is 1. The van der Waals surface area contributed by atoms with Crippen molar-refractivity contribution in [2.24, 2.45) is 0 Å². The van der Waals surface area contributed by atoms with Crippen molar-refractivity contribution in [3.63, 3.8) is 0 Å². The van der Waals surface area contributed by atoms with Crippen LogP contribution in [0.3, 0.4) is 0 Å². The van der Waals surface area contributed by atoms with Crippen LogP contribution in [0.5, 0.6) is 0 Å². The van der Waals surface area contributed by atoms with E-state index in [1.54, 1.807) is 6.07 Å². The summed E-state index contributed by atoms with van der Waals surface area (Å²) in [7, 11) is -0.730. The summed E-state index contributed by atoms with van der Waals surface area (Å²) in [6, 6.07) is 10.0. The Bertz CT molecular complexity index is 927. The van der Waals surface area contributed by atoms with Gasteiger partial charge in [-0.25, -0.2) is 17.1 Å². The molecule has 2 rings (SSSR count). The van der Waals surface area contributed by atoms with Crippen LogP contribution >= 0.6 is 11.6 Å². The van der Waals surface area contributed by atoms with Gasteiger partial charge in [0.05, 0.1) is 9.92 Å². The van der Waals surface area contributed by atoms with Crippen LogP contribution in [0, 0.1) is 5.82 Å². The lowest BCUT2D eigenvalue weighted by molar-refractivity contribution is -0.111. The zero-order chi connectivity index (χ0) is 18.6. The number of carbonyl (C=O) groups is 1. The van der Waals surface area contributed by atoms with Gasteiger partial charge in [-0.1, -0.05) is 23.7 Å². The number of hydrogen-bond donors (Lipinski definition) is 1. The third-order valence-corrected chi connectivity index (χ3v) is 5.35. The van der Waals surface area contributed by atoms with Crippen molar-refractivity contribution >= 4 is 39.3 Å². The van der Waals surface area contributed by atoms with Gasteiger partial charge in [-0.05, 0) is 42.0 Å². The van der Waals surface area contributed by atoms with Gasteiger partial charge in [0.2, 0.25) is 15.9 Å². The molecule has 25 heavy (non-hydrogen) atoms. The lowest BCUT2D eigenvalue weighted by atomic mass is 10.2. The van der Waals surface area contributed by atoms with E-state index in [4.69, 9.17) is 11.6 Å². The first kappa shape index (κ1) is 19.1. The second kappa shape index (κ2) is 7.77. The second-order valence-electron chi connectivity index (χ2n) is 5.31. The van der Waals surface area contributed by atoms with E-state index in [0.717, 1.165) is 4.31 Å². The molecule has 0 bridgehead atoms. The fourth-order valence-electron chi connectivity index (χ4n) is 1.92. The highest BCUT2D eigenvalue weighted by Crippen LogP contribution is 2.19. The number of carbonyl (C=O) groups excluding carboxylic acids is 1. The molecule has 0 fully saturated rings. The van der Waals surface area contributed by atoms with E-state index >= 15 is 0 Å². The molecular weight excluding hydrogens is 367 g/mol. The minimum atomic E-state index is -3.59. The van der Waals surface area contributed by atoms with Crippen molar-refractivity contribution in [2.45, 2.75) is 4.90 Å². The Balaban J connectivity index is 2.13. The summed E-state index contributed by atoms with van der Waals surface area (Å²) in [6.45, 7) is 0. The zero-order valence-electron chi connectivity index (χ0n) is 13.5. The fraction of sp³-hybridized carbons (Fsp3) is 0.118. The number of nitrogens with zero attached hydrogens (tertiary/aromatic N) is 1. The zero-order valence-corrected chi connectivity index (χ0v) is 15.1. The van der Waals surface area contributed by atoms with Gasteiger partial charge in [0.1, 0.15) is 5.82 Å². The first-order valence-electron chi connectivity index (χ1n) is 7.17. The summed E-state index contributed by atoms with van der Waals surface area (Å²) in [6.07, 6.45) is 2.72. The van der Waals surface area contributed by atoms with Gasteiger partial charge in [-0.3, -0.25) is 4.79 Å². The van der Waals surface area contributed by atoms with Crippen LogP contribution in [0.25, 0.3) is 6.08 Å². The van der Waals surface area contributed by atoms with Crippen LogP contribution in [0.2, 0.25) is 5.02 Å². The number of rotatable bonds is 5. The Hall–Kier alpha value is -2.22. The molecule has 0 saturated carbocycles. The minimum Gasteiger partial charge on any atom is -0.322 e. The van der Waals surface area contributed by atoms with Crippen molar-refractivity contribution in [1.82, 2.24) is 4.31 Å². The lowest BCUT2D eigenvalue weighted by Gasteiger charge is -2.12. The maximum absolute atomic E-state index is 13.1. The van der Waals surface area contributed by atoms with Crippen LogP contribution < -0.4 is 5.32 Å². The second-order valence-corrected chi connectivity index (χ2v) is 7.87. The lowest BCUT2D eigenvalue weighted by Crippen LogP contribution is -2.22. The van der Waals surface area contributed by atoms with Gasteiger partial charge >= 0.3 is 0 Å². The SMILES string of the molecule is CN(C)S(=O)(=O)c1cccc(NC(=O)/C=C/c2ccc(F)c(Cl)c2)c1. The third kappa shape index (κ3) is 4.88. The molecule has 0 atom stereocenters. The van der Waals surface area contributed by atoms with E-state index in [9.17, 15) is 17.6 Å². The van der Waals surface area contributed by atoms with Gasteiger partial charge in [0, 0.05) is 25.9 Å². The Kier molecular flexibility index (Phi) is 5.94. The Morgan fingerprint density at radius 1 is 1.20 bits per heavy atom. The monoisotopic (exact) mass is 382 g/mol. The quantitative estimate of drug-likeness (QED) is 0.806. The summed E-state index contributed by atoms with van der Waals surface area (Å²) >= 11 is 5.67.